The van der Waals surface area contributed by atoms with Gasteiger partial charge in [0.05, 0.1) is 6.67 Å². The first kappa shape index (κ1) is 10.7. The van der Waals surface area contributed by atoms with Crippen molar-refractivity contribution in [2.45, 2.75) is 45.4 Å². The number of hydrogen-bond donors (Lipinski definition) is 0. The van der Waals surface area contributed by atoms with Crippen LogP contribution >= 0.6 is 0 Å². The van der Waals surface area contributed by atoms with Crippen molar-refractivity contribution < 1.29 is 4.39 Å². The fourth-order valence-electron chi connectivity index (χ4n) is 2.15. The van der Waals surface area contributed by atoms with E-state index >= 15 is 0 Å². The summed E-state index contributed by atoms with van der Waals surface area (Å²) in [6, 6.07) is 0. The quantitative estimate of drug-likeness (QED) is 0.576. The molecule has 0 aromatic rings. The van der Waals surface area contributed by atoms with Gasteiger partial charge in [-0.15, -0.1) is 0 Å². The summed E-state index contributed by atoms with van der Waals surface area (Å²) in [5.41, 5.74) is 0. The summed E-state index contributed by atoms with van der Waals surface area (Å²) < 4.78 is 12.1. The van der Waals surface area contributed by atoms with E-state index in [2.05, 4.69) is 19.1 Å². The van der Waals surface area contributed by atoms with Gasteiger partial charge in [0, 0.05) is 0 Å². The lowest BCUT2D eigenvalue weighted by atomic mass is 9.80. The Morgan fingerprint density at radius 1 is 1.23 bits per heavy atom. The first-order valence-corrected chi connectivity index (χ1v) is 5.59. The Morgan fingerprint density at radius 3 is 2.46 bits per heavy atom. The fourth-order valence-corrected chi connectivity index (χ4v) is 2.15. The highest BCUT2D eigenvalue weighted by atomic mass is 19.1. The highest BCUT2D eigenvalue weighted by Crippen LogP contribution is 2.31. The molecule has 0 radical (unpaired) electrons. The predicted molar refractivity (Wildman–Crippen MR) is 55.5 cm³/mol. The second kappa shape index (κ2) is 6.17. The smallest absolute Gasteiger partial charge is 0.0897 e. The molecule has 0 aliphatic heterocycles. The van der Waals surface area contributed by atoms with E-state index in [-0.39, 0.29) is 6.67 Å². The first-order valence-electron chi connectivity index (χ1n) is 5.59. The Morgan fingerprint density at radius 2 is 1.92 bits per heavy atom. The van der Waals surface area contributed by atoms with Crippen molar-refractivity contribution in [3.63, 3.8) is 0 Å². The third-order valence-corrected chi connectivity index (χ3v) is 3.05. The lowest BCUT2D eigenvalue weighted by Crippen LogP contribution is -2.13. The van der Waals surface area contributed by atoms with E-state index < -0.39 is 0 Å². The van der Waals surface area contributed by atoms with Gasteiger partial charge in [-0.25, -0.2) is 0 Å². The van der Waals surface area contributed by atoms with E-state index in [9.17, 15) is 4.39 Å². The molecule has 0 bridgehead atoms. The van der Waals surface area contributed by atoms with Crippen molar-refractivity contribution >= 4 is 0 Å². The van der Waals surface area contributed by atoms with Gasteiger partial charge in [-0.1, -0.05) is 19.1 Å². The van der Waals surface area contributed by atoms with Crippen LogP contribution in [0.3, 0.4) is 0 Å². The molecular formula is C12H21F. The number of rotatable bonds is 4. The summed E-state index contributed by atoms with van der Waals surface area (Å²) in [6.45, 7) is 2.05. The average molecular weight is 184 g/mol. The molecule has 1 saturated carbocycles. The second-order valence-electron chi connectivity index (χ2n) is 4.09. The highest BCUT2D eigenvalue weighted by Gasteiger charge is 2.18. The Labute approximate surface area is 81.2 Å². The molecule has 0 atom stereocenters. The van der Waals surface area contributed by atoms with Crippen LogP contribution in [0.2, 0.25) is 0 Å². The summed E-state index contributed by atoms with van der Waals surface area (Å²) in [4.78, 5) is 0. The zero-order chi connectivity index (χ0) is 9.52. The van der Waals surface area contributed by atoms with Crippen molar-refractivity contribution in [1.82, 2.24) is 0 Å². The molecule has 1 rings (SSSR count). The van der Waals surface area contributed by atoms with Crippen LogP contribution in [0, 0.1) is 11.8 Å². The average Bonchev–Trinajstić information content (AvgIpc) is 2.17. The van der Waals surface area contributed by atoms with Gasteiger partial charge in [0.2, 0.25) is 0 Å². The molecule has 0 unspecified atom stereocenters. The van der Waals surface area contributed by atoms with Crippen molar-refractivity contribution in [3.05, 3.63) is 12.2 Å². The van der Waals surface area contributed by atoms with Gasteiger partial charge in [0.25, 0.3) is 0 Å². The summed E-state index contributed by atoms with van der Waals surface area (Å²) in [7, 11) is 0. The van der Waals surface area contributed by atoms with Gasteiger partial charge in [0.15, 0.2) is 0 Å². The summed E-state index contributed by atoms with van der Waals surface area (Å²) in [5, 5.41) is 0. The molecule has 0 aromatic heterocycles. The SMILES string of the molecule is CC/C=C/C1CCC(CCF)CC1. The predicted octanol–water partition coefficient (Wildman–Crippen LogP) is 4.12. The molecule has 0 aromatic carbocycles. The van der Waals surface area contributed by atoms with Crippen molar-refractivity contribution in [1.29, 1.82) is 0 Å². The van der Waals surface area contributed by atoms with E-state index in [1.165, 1.54) is 25.7 Å². The van der Waals surface area contributed by atoms with Gasteiger partial charge in [-0.2, -0.15) is 0 Å². The minimum atomic E-state index is -0.125. The van der Waals surface area contributed by atoms with Crippen molar-refractivity contribution in [2.24, 2.45) is 11.8 Å². The zero-order valence-corrected chi connectivity index (χ0v) is 8.64. The second-order valence-corrected chi connectivity index (χ2v) is 4.09. The summed E-state index contributed by atoms with van der Waals surface area (Å²) in [5.74, 6) is 1.46. The largest absolute Gasteiger partial charge is 0.251 e. The van der Waals surface area contributed by atoms with Crippen molar-refractivity contribution in [3.8, 4) is 0 Å². The number of halogens is 1. The maximum Gasteiger partial charge on any atom is 0.0897 e. The first-order chi connectivity index (χ1) is 6.36. The molecule has 13 heavy (non-hydrogen) atoms. The van der Waals surface area contributed by atoms with E-state index in [4.69, 9.17) is 0 Å². The molecule has 1 heteroatoms. The number of alkyl halides is 1. The van der Waals surface area contributed by atoms with Crippen LogP contribution in [-0.4, -0.2) is 6.67 Å². The van der Waals surface area contributed by atoms with Gasteiger partial charge < -0.3 is 0 Å². The Hall–Kier alpha value is -0.330. The van der Waals surface area contributed by atoms with Gasteiger partial charge >= 0.3 is 0 Å². The molecule has 1 fully saturated rings. The molecular weight excluding hydrogens is 163 g/mol. The van der Waals surface area contributed by atoms with Crippen LogP contribution in [0.4, 0.5) is 4.39 Å². The molecule has 0 amide bonds. The Bertz CT molecular complexity index is 143. The Kier molecular flexibility index (Phi) is 5.10. The van der Waals surface area contributed by atoms with E-state index in [1.807, 2.05) is 0 Å². The minimum absolute atomic E-state index is 0.125. The maximum atomic E-state index is 12.1. The fraction of sp³-hybridized carbons (Fsp3) is 0.833. The molecule has 0 N–H and O–H groups in total. The van der Waals surface area contributed by atoms with Crippen LogP contribution in [-0.2, 0) is 0 Å². The number of allylic oxidation sites excluding steroid dienone is 2. The van der Waals surface area contributed by atoms with Crippen LogP contribution in [0.15, 0.2) is 12.2 Å². The summed E-state index contributed by atoms with van der Waals surface area (Å²) in [6.07, 6.45) is 11.6. The van der Waals surface area contributed by atoms with Crippen LogP contribution < -0.4 is 0 Å². The van der Waals surface area contributed by atoms with Crippen LogP contribution in [0.25, 0.3) is 0 Å². The third-order valence-electron chi connectivity index (χ3n) is 3.05. The topological polar surface area (TPSA) is 0 Å². The number of hydrogen-bond acceptors (Lipinski definition) is 0. The Balaban J connectivity index is 2.18. The van der Waals surface area contributed by atoms with Crippen LogP contribution in [0.5, 0.6) is 0 Å². The molecule has 76 valence electrons. The van der Waals surface area contributed by atoms with E-state index in [0.29, 0.717) is 5.92 Å². The van der Waals surface area contributed by atoms with E-state index in [1.54, 1.807) is 0 Å². The van der Waals surface area contributed by atoms with Crippen LogP contribution in [0.1, 0.15) is 45.4 Å². The molecule has 0 nitrogen and oxygen atoms in total. The molecule has 0 spiro atoms. The minimum Gasteiger partial charge on any atom is -0.251 e. The van der Waals surface area contributed by atoms with Gasteiger partial charge in [-0.05, 0) is 50.4 Å². The monoisotopic (exact) mass is 184 g/mol. The molecule has 0 saturated heterocycles. The molecule has 1 aliphatic carbocycles. The van der Waals surface area contributed by atoms with Gasteiger partial charge in [0.1, 0.15) is 0 Å². The standard InChI is InChI=1S/C12H21F/c1-2-3-4-11-5-7-12(8-6-11)9-10-13/h3-4,11-12H,2,5-10H2,1H3/b4-3+. The third kappa shape index (κ3) is 3.93. The summed E-state index contributed by atoms with van der Waals surface area (Å²) >= 11 is 0. The lowest BCUT2D eigenvalue weighted by Gasteiger charge is -2.25. The highest BCUT2D eigenvalue weighted by molar-refractivity contribution is 4.90. The lowest BCUT2D eigenvalue weighted by molar-refractivity contribution is 0.272. The van der Waals surface area contributed by atoms with E-state index in [0.717, 1.165) is 18.8 Å². The maximum absolute atomic E-state index is 12.1. The van der Waals surface area contributed by atoms with Crippen molar-refractivity contribution in [2.75, 3.05) is 6.67 Å². The zero-order valence-electron chi connectivity index (χ0n) is 8.64. The molecule has 0 heterocycles. The van der Waals surface area contributed by atoms with Gasteiger partial charge in [-0.3, -0.25) is 4.39 Å². The molecule has 1 aliphatic rings. The normalized spacial score (nSPS) is 29.7.